The molecule has 1 heterocycles. The van der Waals surface area contributed by atoms with Crippen LogP contribution in [0.4, 0.5) is 0 Å². The molecule has 1 aliphatic heterocycles. The van der Waals surface area contributed by atoms with Gasteiger partial charge in [-0.3, -0.25) is 4.99 Å². The Morgan fingerprint density at radius 1 is 1.82 bits per heavy atom. The van der Waals surface area contributed by atoms with Gasteiger partial charge in [0.25, 0.3) is 0 Å². The highest BCUT2D eigenvalue weighted by Gasteiger charge is 2.34. The van der Waals surface area contributed by atoms with Crippen LogP contribution in [0.15, 0.2) is 4.99 Å². The lowest BCUT2D eigenvalue weighted by atomic mass is 9.79. The van der Waals surface area contributed by atoms with E-state index in [1.54, 1.807) is 0 Å². The lowest BCUT2D eigenvalue weighted by Crippen LogP contribution is -2.38. The Labute approximate surface area is 66.9 Å². The second-order valence-electron chi connectivity index (χ2n) is 2.92. The van der Waals surface area contributed by atoms with Gasteiger partial charge in [-0.15, -0.1) is 0 Å². The Morgan fingerprint density at radius 2 is 2.55 bits per heavy atom. The number of hydrogen-bond acceptors (Lipinski definition) is 3. The second kappa shape index (κ2) is 2.91. The molecule has 0 aromatic rings. The number of amidine groups is 1. The van der Waals surface area contributed by atoms with E-state index in [2.05, 4.69) is 11.1 Å². The van der Waals surface area contributed by atoms with Crippen molar-refractivity contribution in [2.24, 2.45) is 16.1 Å². The molecule has 3 nitrogen and oxygen atoms in total. The Bertz CT molecular complexity index is 214. The Balaban J connectivity index is 2.91. The van der Waals surface area contributed by atoms with E-state index >= 15 is 0 Å². The highest BCUT2D eigenvalue weighted by atomic mass is 14.9. The van der Waals surface area contributed by atoms with Crippen LogP contribution in [0.1, 0.15) is 26.2 Å². The second-order valence-corrected chi connectivity index (χ2v) is 2.92. The fraction of sp³-hybridized carbons (Fsp3) is 0.750. The normalized spacial score (nSPS) is 30.7. The number of aliphatic imine (C=N–C) groups is 1. The van der Waals surface area contributed by atoms with Gasteiger partial charge < -0.3 is 5.73 Å². The quantitative estimate of drug-likeness (QED) is 0.609. The van der Waals surface area contributed by atoms with Crippen molar-refractivity contribution in [1.29, 1.82) is 5.26 Å². The van der Waals surface area contributed by atoms with Gasteiger partial charge in [0.1, 0.15) is 11.3 Å². The summed E-state index contributed by atoms with van der Waals surface area (Å²) in [5, 5.41) is 8.90. The van der Waals surface area contributed by atoms with Crippen molar-refractivity contribution >= 4 is 5.84 Å². The molecule has 11 heavy (non-hydrogen) atoms. The molecule has 1 unspecified atom stereocenters. The van der Waals surface area contributed by atoms with Crippen molar-refractivity contribution in [3.05, 3.63) is 0 Å². The molecule has 3 heteroatoms. The molecule has 1 atom stereocenters. The highest BCUT2D eigenvalue weighted by molar-refractivity contribution is 5.89. The molecule has 60 valence electrons. The first-order valence-electron chi connectivity index (χ1n) is 3.97. The number of nitrogens with two attached hydrogens (primary N) is 1. The third-order valence-corrected chi connectivity index (χ3v) is 2.35. The van der Waals surface area contributed by atoms with Crippen LogP contribution in [-0.4, -0.2) is 12.4 Å². The standard InChI is InChI=1S/C8H13N3/c1-2-8(6-9)4-3-5-11-7(8)10/h2-5H2,1H3,(H2,10,11). The Kier molecular flexibility index (Phi) is 2.13. The van der Waals surface area contributed by atoms with Crippen LogP contribution < -0.4 is 5.73 Å². The molecule has 0 amide bonds. The van der Waals surface area contributed by atoms with Crippen molar-refractivity contribution in [2.45, 2.75) is 26.2 Å². The molecular weight excluding hydrogens is 138 g/mol. The summed E-state index contributed by atoms with van der Waals surface area (Å²) in [5.74, 6) is 0.536. The Morgan fingerprint density at radius 3 is 2.91 bits per heavy atom. The van der Waals surface area contributed by atoms with Gasteiger partial charge >= 0.3 is 0 Å². The van der Waals surface area contributed by atoms with E-state index in [0.29, 0.717) is 5.84 Å². The minimum atomic E-state index is -0.446. The van der Waals surface area contributed by atoms with Crippen molar-refractivity contribution in [2.75, 3.05) is 6.54 Å². The van der Waals surface area contributed by atoms with E-state index in [1.807, 2.05) is 6.92 Å². The van der Waals surface area contributed by atoms with Crippen molar-refractivity contribution in [1.82, 2.24) is 0 Å². The molecule has 0 saturated carbocycles. The maximum absolute atomic E-state index is 8.90. The van der Waals surface area contributed by atoms with Crippen LogP contribution in [0, 0.1) is 16.7 Å². The number of rotatable bonds is 1. The van der Waals surface area contributed by atoms with Crippen molar-refractivity contribution < 1.29 is 0 Å². The third kappa shape index (κ3) is 1.21. The first kappa shape index (κ1) is 8.06. The molecule has 1 aliphatic rings. The maximum atomic E-state index is 8.90. The van der Waals surface area contributed by atoms with Crippen LogP contribution in [0.3, 0.4) is 0 Å². The van der Waals surface area contributed by atoms with Crippen LogP contribution in [-0.2, 0) is 0 Å². The number of nitrogens with zero attached hydrogens (tertiary/aromatic N) is 2. The predicted molar refractivity (Wildman–Crippen MR) is 44.1 cm³/mol. The van der Waals surface area contributed by atoms with Crippen molar-refractivity contribution in [3.63, 3.8) is 0 Å². The summed E-state index contributed by atoms with van der Waals surface area (Å²) < 4.78 is 0. The average molecular weight is 151 g/mol. The third-order valence-electron chi connectivity index (χ3n) is 2.35. The van der Waals surface area contributed by atoms with Crippen LogP contribution >= 0.6 is 0 Å². The van der Waals surface area contributed by atoms with E-state index in [4.69, 9.17) is 11.0 Å². The minimum absolute atomic E-state index is 0.446. The van der Waals surface area contributed by atoms with Gasteiger partial charge in [-0.05, 0) is 19.3 Å². The first-order valence-corrected chi connectivity index (χ1v) is 3.97. The van der Waals surface area contributed by atoms with E-state index in [0.717, 1.165) is 25.8 Å². The lowest BCUT2D eigenvalue weighted by molar-refractivity contribution is 0.443. The van der Waals surface area contributed by atoms with Gasteiger partial charge in [-0.2, -0.15) is 5.26 Å². The Hall–Kier alpha value is -1.04. The summed E-state index contributed by atoms with van der Waals surface area (Å²) >= 11 is 0. The van der Waals surface area contributed by atoms with Gasteiger partial charge in [-0.1, -0.05) is 6.92 Å². The molecule has 1 rings (SSSR count). The van der Waals surface area contributed by atoms with Gasteiger partial charge in [0.15, 0.2) is 0 Å². The molecule has 0 aromatic carbocycles. The van der Waals surface area contributed by atoms with Gasteiger partial charge in [0, 0.05) is 6.54 Å². The summed E-state index contributed by atoms with van der Waals surface area (Å²) in [5.41, 5.74) is 5.22. The average Bonchev–Trinajstić information content (AvgIpc) is 2.06. The predicted octanol–water partition coefficient (Wildman–Crippen LogP) is 1.06. The molecular formula is C8H13N3. The first-order chi connectivity index (χ1) is 5.25. The monoisotopic (exact) mass is 151 g/mol. The van der Waals surface area contributed by atoms with Crippen LogP contribution in [0.2, 0.25) is 0 Å². The maximum Gasteiger partial charge on any atom is 0.114 e. The fourth-order valence-electron chi connectivity index (χ4n) is 1.41. The summed E-state index contributed by atoms with van der Waals surface area (Å²) in [4.78, 5) is 4.10. The van der Waals surface area contributed by atoms with E-state index in [-0.39, 0.29) is 0 Å². The van der Waals surface area contributed by atoms with E-state index in [1.165, 1.54) is 0 Å². The number of nitriles is 1. The molecule has 2 N–H and O–H groups in total. The number of hydrogen-bond donors (Lipinski definition) is 1. The molecule has 0 saturated heterocycles. The van der Waals surface area contributed by atoms with E-state index in [9.17, 15) is 0 Å². The van der Waals surface area contributed by atoms with Crippen molar-refractivity contribution in [3.8, 4) is 6.07 Å². The SMILES string of the molecule is CCC1(C#N)CCCN=C1N. The van der Waals surface area contributed by atoms with Crippen LogP contribution in [0.5, 0.6) is 0 Å². The largest absolute Gasteiger partial charge is 0.386 e. The molecule has 0 bridgehead atoms. The molecule has 0 spiro atoms. The fourth-order valence-corrected chi connectivity index (χ4v) is 1.41. The molecule has 0 radical (unpaired) electrons. The van der Waals surface area contributed by atoms with E-state index < -0.39 is 5.41 Å². The zero-order chi connectivity index (χ0) is 8.32. The van der Waals surface area contributed by atoms with Gasteiger partial charge in [0.05, 0.1) is 6.07 Å². The summed E-state index contributed by atoms with van der Waals surface area (Å²) in [6.45, 7) is 2.77. The lowest BCUT2D eigenvalue weighted by Gasteiger charge is -2.27. The van der Waals surface area contributed by atoms with Gasteiger partial charge in [0.2, 0.25) is 0 Å². The highest BCUT2D eigenvalue weighted by Crippen LogP contribution is 2.30. The zero-order valence-electron chi connectivity index (χ0n) is 6.80. The summed E-state index contributed by atoms with van der Waals surface area (Å²) in [6.07, 6.45) is 2.64. The molecule has 0 fully saturated rings. The molecule has 0 aliphatic carbocycles. The topological polar surface area (TPSA) is 62.2 Å². The van der Waals surface area contributed by atoms with Gasteiger partial charge in [-0.25, -0.2) is 0 Å². The minimum Gasteiger partial charge on any atom is -0.386 e. The molecule has 0 aromatic heterocycles. The zero-order valence-corrected chi connectivity index (χ0v) is 6.80. The smallest absolute Gasteiger partial charge is 0.114 e. The summed E-state index contributed by atoms with van der Waals surface area (Å²) in [6, 6.07) is 2.26. The van der Waals surface area contributed by atoms with Crippen LogP contribution in [0.25, 0.3) is 0 Å². The summed E-state index contributed by atoms with van der Waals surface area (Å²) in [7, 11) is 0.